The molecule has 0 aromatic heterocycles. The molecule has 0 aromatic rings. The van der Waals surface area contributed by atoms with Crippen molar-refractivity contribution in [2.24, 2.45) is 16.6 Å². The lowest BCUT2D eigenvalue weighted by atomic mass is 9.61. The maximum absolute atomic E-state index is 10.9. The minimum Gasteiger partial charge on any atom is -0.481 e. The Balaban J connectivity index is 2.96. The van der Waals surface area contributed by atoms with E-state index in [4.69, 9.17) is 10.8 Å². The van der Waals surface area contributed by atoms with Gasteiger partial charge in [0.2, 0.25) is 0 Å². The van der Waals surface area contributed by atoms with E-state index >= 15 is 0 Å². The number of nitrogens with two attached hydrogens (primary N) is 1. The zero-order valence-electron chi connectivity index (χ0n) is 9.55. The highest BCUT2D eigenvalue weighted by Gasteiger charge is 2.59. The Labute approximate surface area is 85.7 Å². The fraction of sp³-hybridized carbons (Fsp3) is 0.909. The van der Waals surface area contributed by atoms with Crippen molar-refractivity contribution in [3.8, 4) is 0 Å². The van der Waals surface area contributed by atoms with E-state index in [-0.39, 0.29) is 17.3 Å². The van der Waals surface area contributed by atoms with Crippen molar-refractivity contribution >= 4 is 5.97 Å². The molecule has 0 aliphatic heterocycles. The van der Waals surface area contributed by atoms with Crippen molar-refractivity contribution in [1.29, 1.82) is 0 Å². The summed E-state index contributed by atoms with van der Waals surface area (Å²) in [6.45, 7) is 8.01. The molecule has 0 amide bonds. The van der Waals surface area contributed by atoms with Gasteiger partial charge in [-0.15, -0.1) is 0 Å². The molecule has 82 valence electrons. The summed E-state index contributed by atoms with van der Waals surface area (Å²) in [4.78, 5) is 10.9. The van der Waals surface area contributed by atoms with Crippen LogP contribution < -0.4 is 5.73 Å². The van der Waals surface area contributed by atoms with Crippen LogP contribution in [0.15, 0.2) is 0 Å². The fourth-order valence-electron chi connectivity index (χ4n) is 2.26. The summed E-state index contributed by atoms with van der Waals surface area (Å²) in [5, 5.41) is 8.95. The second kappa shape index (κ2) is 2.96. The lowest BCUT2D eigenvalue weighted by molar-refractivity contribution is -0.142. The molecule has 1 fully saturated rings. The first-order valence-electron chi connectivity index (χ1n) is 5.13. The summed E-state index contributed by atoms with van der Waals surface area (Å²) in [5.74, 6) is -0.751. The zero-order chi connectivity index (χ0) is 11.2. The first-order chi connectivity index (χ1) is 6.12. The Morgan fingerprint density at radius 2 is 1.86 bits per heavy atom. The van der Waals surface area contributed by atoms with Gasteiger partial charge in [-0.25, -0.2) is 0 Å². The lowest BCUT2D eigenvalue weighted by Crippen LogP contribution is -2.54. The van der Waals surface area contributed by atoms with Gasteiger partial charge in [-0.05, 0) is 32.1 Å². The van der Waals surface area contributed by atoms with Gasteiger partial charge in [-0.2, -0.15) is 0 Å². The molecule has 1 rings (SSSR count). The van der Waals surface area contributed by atoms with Crippen molar-refractivity contribution in [3.63, 3.8) is 0 Å². The normalized spacial score (nSPS) is 24.1. The SMILES string of the molecule is CC(C)(N)C(C)(CC(=O)O)C1(C)CC1. The molecule has 1 aliphatic carbocycles. The van der Waals surface area contributed by atoms with Gasteiger partial charge in [0, 0.05) is 11.0 Å². The van der Waals surface area contributed by atoms with Crippen LogP contribution in [0.3, 0.4) is 0 Å². The smallest absolute Gasteiger partial charge is 0.303 e. The largest absolute Gasteiger partial charge is 0.481 e. The van der Waals surface area contributed by atoms with E-state index in [1.54, 1.807) is 0 Å². The molecule has 1 aliphatic rings. The Morgan fingerprint density at radius 1 is 1.43 bits per heavy atom. The van der Waals surface area contributed by atoms with Gasteiger partial charge in [-0.1, -0.05) is 13.8 Å². The Hall–Kier alpha value is -0.570. The van der Waals surface area contributed by atoms with Gasteiger partial charge in [0.1, 0.15) is 0 Å². The first kappa shape index (κ1) is 11.5. The van der Waals surface area contributed by atoms with Crippen molar-refractivity contribution in [2.45, 2.75) is 52.5 Å². The highest BCUT2D eigenvalue weighted by molar-refractivity contribution is 5.68. The molecule has 0 heterocycles. The van der Waals surface area contributed by atoms with Crippen LogP contribution in [0.2, 0.25) is 0 Å². The first-order valence-corrected chi connectivity index (χ1v) is 5.13. The van der Waals surface area contributed by atoms with Crippen molar-refractivity contribution < 1.29 is 9.90 Å². The van der Waals surface area contributed by atoms with Crippen LogP contribution in [-0.2, 0) is 4.79 Å². The van der Waals surface area contributed by atoms with E-state index in [1.807, 2.05) is 20.8 Å². The number of carboxylic acids is 1. The van der Waals surface area contributed by atoms with Gasteiger partial charge in [0.15, 0.2) is 0 Å². The third-order valence-electron chi connectivity index (χ3n) is 4.26. The quantitative estimate of drug-likeness (QED) is 0.728. The van der Waals surface area contributed by atoms with Crippen LogP contribution >= 0.6 is 0 Å². The Morgan fingerprint density at radius 3 is 2.07 bits per heavy atom. The van der Waals surface area contributed by atoms with Crippen LogP contribution in [0.25, 0.3) is 0 Å². The van der Waals surface area contributed by atoms with Crippen molar-refractivity contribution in [2.75, 3.05) is 0 Å². The standard InChI is InChI=1S/C11H21NO2/c1-9(2,12)11(4,7-8(13)14)10(3)5-6-10/h5-7,12H2,1-4H3,(H,13,14). The molecule has 1 atom stereocenters. The molecule has 0 aromatic carbocycles. The topological polar surface area (TPSA) is 63.3 Å². The van der Waals surface area contributed by atoms with Gasteiger partial charge in [0.05, 0.1) is 6.42 Å². The zero-order valence-corrected chi connectivity index (χ0v) is 9.55. The fourth-order valence-corrected chi connectivity index (χ4v) is 2.26. The number of rotatable bonds is 4. The van der Waals surface area contributed by atoms with Gasteiger partial charge in [-0.3, -0.25) is 4.79 Å². The van der Waals surface area contributed by atoms with Gasteiger partial charge in [0.25, 0.3) is 0 Å². The van der Waals surface area contributed by atoms with Gasteiger partial charge < -0.3 is 10.8 Å². The second-order valence-corrected chi connectivity index (χ2v) is 5.68. The van der Waals surface area contributed by atoms with Crippen molar-refractivity contribution in [1.82, 2.24) is 0 Å². The molecule has 0 radical (unpaired) electrons. The van der Waals surface area contributed by atoms with E-state index in [0.717, 1.165) is 12.8 Å². The minimum absolute atomic E-state index is 0.115. The number of carbonyl (C=O) groups is 1. The molecular weight excluding hydrogens is 178 g/mol. The molecular formula is C11H21NO2. The summed E-state index contributed by atoms with van der Waals surface area (Å²) in [6, 6.07) is 0. The summed E-state index contributed by atoms with van der Waals surface area (Å²) in [6.07, 6.45) is 2.35. The summed E-state index contributed by atoms with van der Waals surface area (Å²) in [7, 11) is 0. The third-order valence-corrected chi connectivity index (χ3v) is 4.26. The number of aliphatic carboxylic acids is 1. The monoisotopic (exact) mass is 199 g/mol. The van der Waals surface area contributed by atoms with Crippen LogP contribution in [0.5, 0.6) is 0 Å². The number of hydrogen-bond donors (Lipinski definition) is 2. The van der Waals surface area contributed by atoms with Crippen LogP contribution in [0, 0.1) is 10.8 Å². The average molecular weight is 199 g/mol. The molecule has 0 saturated heterocycles. The van der Waals surface area contributed by atoms with E-state index in [9.17, 15) is 4.79 Å². The molecule has 0 spiro atoms. The van der Waals surface area contributed by atoms with Crippen LogP contribution in [0.4, 0.5) is 0 Å². The molecule has 1 unspecified atom stereocenters. The Kier molecular flexibility index (Phi) is 2.43. The highest BCUT2D eigenvalue weighted by atomic mass is 16.4. The van der Waals surface area contributed by atoms with E-state index < -0.39 is 11.5 Å². The summed E-state index contributed by atoms with van der Waals surface area (Å²) in [5.41, 5.74) is 5.48. The predicted molar refractivity (Wildman–Crippen MR) is 56.0 cm³/mol. The minimum atomic E-state index is -0.751. The molecule has 3 nitrogen and oxygen atoms in total. The van der Waals surface area contributed by atoms with Crippen LogP contribution in [0.1, 0.15) is 47.0 Å². The molecule has 1 saturated carbocycles. The number of carboxylic acid groups (broad SMARTS) is 1. The summed E-state index contributed by atoms with van der Waals surface area (Å²) < 4.78 is 0. The molecule has 14 heavy (non-hydrogen) atoms. The summed E-state index contributed by atoms with van der Waals surface area (Å²) >= 11 is 0. The highest BCUT2D eigenvalue weighted by Crippen LogP contribution is 2.63. The Bertz CT molecular complexity index is 243. The van der Waals surface area contributed by atoms with E-state index in [0.29, 0.717) is 0 Å². The van der Waals surface area contributed by atoms with Gasteiger partial charge >= 0.3 is 5.97 Å². The predicted octanol–water partition coefficient (Wildman–Crippen LogP) is 2.00. The maximum Gasteiger partial charge on any atom is 0.303 e. The maximum atomic E-state index is 10.9. The lowest BCUT2D eigenvalue weighted by Gasteiger charge is -2.46. The molecule has 0 bridgehead atoms. The van der Waals surface area contributed by atoms with E-state index in [2.05, 4.69) is 6.92 Å². The van der Waals surface area contributed by atoms with Crippen LogP contribution in [-0.4, -0.2) is 16.6 Å². The molecule has 3 heteroatoms. The average Bonchev–Trinajstić information content (AvgIpc) is 2.65. The second-order valence-electron chi connectivity index (χ2n) is 5.68. The molecule has 3 N–H and O–H groups in total. The van der Waals surface area contributed by atoms with E-state index in [1.165, 1.54) is 0 Å². The number of hydrogen-bond acceptors (Lipinski definition) is 2. The third kappa shape index (κ3) is 1.65. The van der Waals surface area contributed by atoms with Crippen molar-refractivity contribution in [3.05, 3.63) is 0 Å².